The topological polar surface area (TPSA) is 46.5 Å². The number of carbonyl (C=O) groups is 1. The Hall–Kier alpha value is -0.207. The molecule has 0 amide bonds. The van der Waals surface area contributed by atoms with E-state index in [4.69, 9.17) is 4.74 Å². The first-order valence-electron chi connectivity index (χ1n) is 4.80. The maximum Gasteiger partial charge on any atom is 0.164 e. The van der Waals surface area contributed by atoms with Gasteiger partial charge in [-0.15, -0.1) is 0 Å². The number of hydrogen-bond donors (Lipinski definition) is 1. The van der Waals surface area contributed by atoms with Crippen molar-refractivity contribution in [2.45, 2.75) is 40.2 Å². The zero-order chi connectivity index (χ0) is 11.4. The Labute approximate surface area is 105 Å². The maximum absolute atomic E-state index is 11.5. The molecule has 0 fully saturated rings. The van der Waals surface area contributed by atoms with Crippen LogP contribution >= 0.6 is 0 Å². The number of aliphatic hydroxyl groups excluding tert-OH is 1. The van der Waals surface area contributed by atoms with E-state index in [0.29, 0.717) is 6.42 Å². The van der Waals surface area contributed by atoms with Gasteiger partial charge in [0.15, 0.2) is 5.78 Å². The average molecular weight is 266 g/mol. The zero-order valence-electron chi connectivity index (χ0n) is 10.3. The molecule has 0 spiro atoms. The van der Waals surface area contributed by atoms with Gasteiger partial charge in [0, 0.05) is 38.1 Å². The van der Waals surface area contributed by atoms with Gasteiger partial charge in [0.05, 0.1) is 0 Å². The van der Waals surface area contributed by atoms with E-state index < -0.39 is 5.41 Å². The van der Waals surface area contributed by atoms with E-state index in [-0.39, 0.29) is 37.1 Å². The molecular weight excluding hydrogens is 246 g/mol. The van der Waals surface area contributed by atoms with Gasteiger partial charge in [0.1, 0.15) is 11.9 Å². The number of allylic oxidation sites excluding steroid dienone is 1. The van der Waals surface area contributed by atoms with Gasteiger partial charge in [-0.05, 0) is 6.42 Å². The van der Waals surface area contributed by atoms with Crippen LogP contribution < -0.4 is 0 Å². The summed E-state index contributed by atoms with van der Waals surface area (Å²) in [5, 5.41) is 9.56. The summed E-state index contributed by atoms with van der Waals surface area (Å²) in [5.41, 5.74) is -0.458. The molecule has 84 valence electrons. The van der Waals surface area contributed by atoms with Gasteiger partial charge >= 0.3 is 0 Å². The largest absolute Gasteiger partial charge is 0.509 e. The Kier molecular flexibility index (Phi) is 8.17. The third-order valence-corrected chi connectivity index (χ3v) is 2.00. The van der Waals surface area contributed by atoms with Crippen LogP contribution in [0.5, 0.6) is 0 Å². The van der Waals surface area contributed by atoms with Gasteiger partial charge < -0.3 is 9.84 Å². The number of rotatable bonds is 4. The van der Waals surface area contributed by atoms with Crippen LogP contribution in [0, 0.1) is 5.41 Å². The Morgan fingerprint density at radius 2 is 1.93 bits per heavy atom. The third kappa shape index (κ3) is 6.06. The molecule has 1 N–H and O–H groups in total. The quantitative estimate of drug-likeness (QED) is 0.483. The first kappa shape index (κ1) is 17.2. The van der Waals surface area contributed by atoms with Crippen LogP contribution in [0.25, 0.3) is 0 Å². The molecule has 0 aliphatic rings. The second-order valence-electron chi connectivity index (χ2n) is 4.32. The van der Waals surface area contributed by atoms with E-state index in [1.54, 1.807) is 0 Å². The molecule has 0 saturated carbocycles. The minimum absolute atomic E-state index is 0. The first-order chi connectivity index (χ1) is 6.32. The molecular formula is C11H20O3Zn. The molecule has 0 saturated heterocycles. The number of hydrogen-bond acceptors (Lipinski definition) is 3. The summed E-state index contributed by atoms with van der Waals surface area (Å²) < 4.78 is 5.00. The number of methoxy groups -OCH3 is 1. The minimum atomic E-state index is -0.458. The van der Waals surface area contributed by atoms with Crippen molar-refractivity contribution in [3.05, 3.63) is 11.8 Å². The second kappa shape index (κ2) is 7.13. The molecule has 4 heteroatoms. The van der Waals surface area contributed by atoms with E-state index in [2.05, 4.69) is 0 Å². The van der Waals surface area contributed by atoms with Crippen LogP contribution in [0.3, 0.4) is 0 Å². The molecule has 0 aliphatic heterocycles. The molecule has 1 unspecified atom stereocenters. The standard InChI is InChI=1S/C11H20O3.Zn/c1-6-9(14-5)8(12)7-10(13)11(2,3)4;/h7,9,12H,6H2,1-5H3;/b8-7-;. The van der Waals surface area contributed by atoms with Gasteiger partial charge in [-0.2, -0.15) is 0 Å². The van der Waals surface area contributed by atoms with Crippen molar-refractivity contribution < 1.29 is 34.1 Å². The molecule has 0 heterocycles. The molecule has 15 heavy (non-hydrogen) atoms. The second-order valence-corrected chi connectivity index (χ2v) is 4.32. The van der Waals surface area contributed by atoms with Crippen molar-refractivity contribution in [3.63, 3.8) is 0 Å². The summed E-state index contributed by atoms with van der Waals surface area (Å²) in [6, 6.07) is 0. The van der Waals surface area contributed by atoms with Crippen LogP contribution in [-0.4, -0.2) is 24.1 Å². The Bertz CT molecular complexity index is 224. The molecule has 0 radical (unpaired) electrons. The number of ketones is 1. The summed E-state index contributed by atoms with van der Waals surface area (Å²) >= 11 is 0. The molecule has 1 atom stereocenters. The normalized spacial score (nSPS) is 14.3. The predicted molar refractivity (Wildman–Crippen MR) is 56.3 cm³/mol. The Morgan fingerprint density at radius 3 is 2.20 bits per heavy atom. The van der Waals surface area contributed by atoms with E-state index in [1.807, 2.05) is 27.7 Å². The van der Waals surface area contributed by atoms with Gasteiger partial charge in [-0.3, -0.25) is 4.79 Å². The summed E-state index contributed by atoms with van der Waals surface area (Å²) in [7, 11) is 1.51. The van der Waals surface area contributed by atoms with E-state index in [0.717, 1.165) is 0 Å². The maximum atomic E-state index is 11.5. The molecule has 0 aromatic heterocycles. The van der Waals surface area contributed by atoms with E-state index in [1.165, 1.54) is 13.2 Å². The van der Waals surface area contributed by atoms with Gasteiger partial charge in [-0.25, -0.2) is 0 Å². The summed E-state index contributed by atoms with van der Waals surface area (Å²) in [5.74, 6) is -0.0829. The van der Waals surface area contributed by atoms with Crippen LogP contribution in [0.4, 0.5) is 0 Å². The Morgan fingerprint density at radius 1 is 1.47 bits per heavy atom. The van der Waals surface area contributed by atoms with Gasteiger partial charge in [0.2, 0.25) is 0 Å². The van der Waals surface area contributed by atoms with E-state index in [9.17, 15) is 9.90 Å². The molecule has 0 aromatic rings. The zero-order valence-corrected chi connectivity index (χ0v) is 13.3. The number of ether oxygens (including phenoxy) is 1. The van der Waals surface area contributed by atoms with E-state index >= 15 is 0 Å². The molecule has 0 aromatic carbocycles. The van der Waals surface area contributed by atoms with Crippen LogP contribution in [0.15, 0.2) is 11.8 Å². The SMILES string of the molecule is CCC(OC)/C(O)=C/C(=O)C(C)(C)C.[Zn]. The van der Waals surface area contributed by atoms with Crippen molar-refractivity contribution in [2.24, 2.45) is 5.41 Å². The van der Waals surface area contributed by atoms with Crippen molar-refractivity contribution in [2.75, 3.05) is 7.11 Å². The van der Waals surface area contributed by atoms with Crippen molar-refractivity contribution in [1.29, 1.82) is 0 Å². The minimum Gasteiger partial charge on any atom is -0.509 e. The van der Waals surface area contributed by atoms with Gasteiger partial charge in [-0.1, -0.05) is 27.7 Å². The Balaban J connectivity index is 0. The molecule has 0 bridgehead atoms. The van der Waals surface area contributed by atoms with Crippen LogP contribution in [-0.2, 0) is 29.0 Å². The van der Waals surface area contributed by atoms with Gasteiger partial charge in [0.25, 0.3) is 0 Å². The first-order valence-corrected chi connectivity index (χ1v) is 4.80. The monoisotopic (exact) mass is 264 g/mol. The number of carbonyl (C=O) groups excluding carboxylic acids is 1. The van der Waals surface area contributed by atoms with Crippen molar-refractivity contribution in [1.82, 2.24) is 0 Å². The number of aliphatic hydroxyl groups is 1. The average Bonchev–Trinajstić information content (AvgIpc) is 2.04. The smallest absolute Gasteiger partial charge is 0.164 e. The fraction of sp³-hybridized carbons (Fsp3) is 0.727. The summed E-state index contributed by atoms with van der Waals surface area (Å²) in [6.45, 7) is 7.33. The summed E-state index contributed by atoms with van der Waals surface area (Å²) in [6.07, 6.45) is 1.54. The molecule has 0 rings (SSSR count). The van der Waals surface area contributed by atoms with Crippen molar-refractivity contribution >= 4 is 5.78 Å². The summed E-state index contributed by atoms with van der Waals surface area (Å²) in [4.78, 5) is 11.5. The fourth-order valence-corrected chi connectivity index (χ4v) is 0.940. The predicted octanol–water partition coefficient (Wildman–Crippen LogP) is 2.47. The van der Waals surface area contributed by atoms with Crippen LogP contribution in [0.2, 0.25) is 0 Å². The fourth-order valence-electron chi connectivity index (χ4n) is 0.940. The molecule has 3 nitrogen and oxygen atoms in total. The third-order valence-electron chi connectivity index (χ3n) is 2.00. The van der Waals surface area contributed by atoms with Crippen molar-refractivity contribution in [3.8, 4) is 0 Å². The van der Waals surface area contributed by atoms with Crippen LogP contribution in [0.1, 0.15) is 34.1 Å². The molecule has 0 aliphatic carbocycles.